The van der Waals surface area contributed by atoms with E-state index in [2.05, 4.69) is 4.90 Å². The number of nitrogens with two attached hydrogens (primary N) is 1. The Morgan fingerprint density at radius 2 is 1.83 bits per heavy atom. The maximum Gasteiger partial charge on any atom is 0.193 e. The quantitative estimate of drug-likeness (QED) is 0.699. The Labute approximate surface area is 136 Å². The van der Waals surface area contributed by atoms with Gasteiger partial charge in [-0.3, -0.25) is 4.79 Å². The second-order valence-corrected chi connectivity index (χ2v) is 6.02. The van der Waals surface area contributed by atoms with E-state index in [1.807, 2.05) is 44.2 Å². The number of ether oxygens (including phenoxy) is 1. The molecule has 0 unspecified atom stereocenters. The van der Waals surface area contributed by atoms with Gasteiger partial charge in [0.2, 0.25) is 0 Å². The van der Waals surface area contributed by atoms with E-state index in [0.29, 0.717) is 24.5 Å². The number of ketones is 1. The molecule has 2 aromatic carbocycles. The zero-order chi connectivity index (χ0) is 16.4. The van der Waals surface area contributed by atoms with Crippen LogP contribution >= 0.6 is 0 Å². The van der Waals surface area contributed by atoms with Gasteiger partial charge in [0.1, 0.15) is 0 Å². The second kappa shape index (κ2) is 6.42. The molecule has 0 saturated carbocycles. The molecule has 0 aromatic heterocycles. The Morgan fingerprint density at radius 1 is 1.09 bits per heavy atom. The Kier molecular flexibility index (Phi) is 4.35. The molecule has 1 fully saturated rings. The number of anilines is 2. The number of carbonyl (C=O) groups is 1. The maximum absolute atomic E-state index is 12.8. The van der Waals surface area contributed by atoms with Crippen molar-refractivity contribution in [2.75, 3.05) is 36.9 Å². The van der Waals surface area contributed by atoms with Gasteiger partial charge >= 0.3 is 0 Å². The Bertz CT molecular complexity index is 734. The van der Waals surface area contributed by atoms with E-state index in [9.17, 15) is 4.79 Å². The maximum atomic E-state index is 12.8. The lowest BCUT2D eigenvalue weighted by Gasteiger charge is -2.30. The van der Waals surface area contributed by atoms with Crippen LogP contribution in [0.25, 0.3) is 0 Å². The fourth-order valence-electron chi connectivity index (χ4n) is 2.92. The number of rotatable bonds is 3. The van der Waals surface area contributed by atoms with Crippen LogP contribution in [0.4, 0.5) is 11.4 Å². The number of morpholine rings is 1. The Balaban J connectivity index is 1.90. The molecule has 23 heavy (non-hydrogen) atoms. The third-order valence-corrected chi connectivity index (χ3v) is 4.28. The first-order chi connectivity index (χ1) is 11.1. The lowest BCUT2D eigenvalue weighted by molar-refractivity contribution is 0.103. The smallest absolute Gasteiger partial charge is 0.193 e. The van der Waals surface area contributed by atoms with Gasteiger partial charge in [0, 0.05) is 24.2 Å². The standard InChI is InChI=1S/C19H22N2O2/c1-13-3-4-14(2)16(11-13)19(22)15-5-6-18(17(20)12-15)21-7-9-23-10-8-21/h3-6,11-12H,7-10,20H2,1-2H3. The van der Waals surface area contributed by atoms with Crippen molar-refractivity contribution < 1.29 is 9.53 Å². The van der Waals surface area contributed by atoms with Crippen LogP contribution in [0, 0.1) is 13.8 Å². The van der Waals surface area contributed by atoms with E-state index in [4.69, 9.17) is 10.5 Å². The van der Waals surface area contributed by atoms with Crippen LogP contribution in [0.15, 0.2) is 36.4 Å². The Hall–Kier alpha value is -2.33. The van der Waals surface area contributed by atoms with Crippen molar-refractivity contribution >= 4 is 17.2 Å². The summed E-state index contributed by atoms with van der Waals surface area (Å²) in [6, 6.07) is 11.5. The summed E-state index contributed by atoms with van der Waals surface area (Å²) in [6.07, 6.45) is 0. The molecule has 120 valence electrons. The minimum absolute atomic E-state index is 0.0198. The topological polar surface area (TPSA) is 55.6 Å². The SMILES string of the molecule is Cc1ccc(C)c(C(=O)c2ccc(N3CCOCC3)c(N)c2)c1. The van der Waals surface area contributed by atoms with Crippen molar-refractivity contribution in [2.45, 2.75) is 13.8 Å². The molecule has 1 saturated heterocycles. The van der Waals surface area contributed by atoms with Crippen LogP contribution in [0.5, 0.6) is 0 Å². The molecule has 0 aliphatic carbocycles. The van der Waals surface area contributed by atoms with Crippen LogP contribution in [0.1, 0.15) is 27.0 Å². The minimum atomic E-state index is 0.0198. The molecule has 0 spiro atoms. The number of nitrogens with zero attached hydrogens (tertiary/aromatic N) is 1. The number of aryl methyl sites for hydroxylation is 2. The molecule has 1 aliphatic heterocycles. The van der Waals surface area contributed by atoms with Crippen molar-refractivity contribution in [3.63, 3.8) is 0 Å². The molecule has 4 nitrogen and oxygen atoms in total. The highest BCUT2D eigenvalue weighted by atomic mass is 16.5. The molecule has 3 rings (SSSR count). The molecule has 0 atom stereocenters. The first kappa shape index (κ1) is 15.6. The molecular formula is C19H22N2O2. The van der Waals surface area contributed by atoms with Gasteiger partial charge in [0.25, 0.3) is 0 Å². The minimum Gasteiger partial charge on any atom is -0.397 e. The number of carbonyl (C=O) groups excluding carboxylic acids is 1. The molecule has 1 heterocycles. The van der Waals surface area contributed by atoms with Gasteiger partial charge in [0.15, 0.2) is 5.78 Å². The summed E-state index contributed by atoms with van der Waals surface area (Å²) in [4.78, 5) is 15.0. The van der Waals surface area contributed by atoms with Crippen molar-refractivity contribution in [3.8, 4) is 0 Å². The van der Waals surface area contributed by atoms with Gasteiger partial charge in [-0.2, -0.15) is 0 Å². The molecule has 2 aromatic rings. The number of hydrogen-bond donors (Lipinski definition) is 1. The molecular weight excluding hydrogens is 288 g/mol. The summed E-state index contributed by atoms with van der Waals surface area (Å²) in [5.41, 5.74) is 11.3. The summed E-state index contributed by atoms with van der Waals surface area (Å²) in [6.45, 7) is 7.03. The summed E-state index contributed by atoms with van der Waals surface area (Å²) in [5, 5.41) is 0. The predicted molar refractivity (Wildman–Crippen MR) is 93.2 cm³/mol. The summed E-state index contributed by atoms with van der Waals surface area (Å²) >= 11 is 0. The molecule has 0 bridgehead atoms. The van der Waals surface area contributed by atoms with E-state index in [1.165, 1.54) is 0 Å². The summed E-state index contributed by atoms with van der Waals surface area (Å²) in [5.74, 6) is 0.0198. The first-order valence-electron chi connectivity index (χ1n) is 7.90. The predicted octanol–water partition coefficient (Wildman–Crippen LogP) is 2.95. The van der Waals surface area contributed by atoms with Gasteiger partial charge < -0.3 is 15.4 Å². The number of nitrogen functional groups attached to an aromatic ring is 1. The molecule has 4 heteroatoms. The van der Waals surface area contributed by atoms with Gasteiger partial charge in [0.05, 0.1) is 24.6 Å². The molecule has 1 aliphatic rings. The monoisotopic (exact) mass is 310 g/mol. The van der Waals surface area contributed by atoms with Crippen molar-refractivity contribution in [3.05, 3.63) is 58.7 Å². The number of hydrogen-bond acceptors (Lipinski definition) is 4. The highest BCUT2D eigenvalue weighted by molar-refractivity contribution is 6.10. The van der Waals surface area contributed by atoms with Gasteiger partial charge in [-0.05, 0) is 43.7 Å². The lowest BCUT2D eigenvalue weighted by atomic mass is 9.96. The van der Waals surface area contributed by atoms with Crippen LogP contribution in [0.3, 0.4) is 0 Å². The average Bonchev–Trinajstić information content (AvgIpc) is 2.57. The van der Waals surface area contributed by atoms with Gasteiger partial charge in [-0.25, -0.2) is 0 Å². The van der Waals surface area contributed by atoms with E-state index in [1.54, 1.807) is 6.07 Å². The summed E-state index contributed by atoms with van der Waals surface area (Å²) in [7, 11) is 0. The van der Waals surface area contributed by atoms with E-state index < -0.39 is 0 Å². The van der Waals surface area contributed by atoms with Crippen molar-refractivity contribution in [1.82, 2.24) is 0 Å². The largest absolute Gasteiger partial charge is 0.397 e. The van der Waals surface area contributed by atoms with Crippen LogP contribution in [-0.2, 0) is 4.74 Å². The van der Waals surface area contributed by atoms with Crippen LogP contribution in [-0.4, -0.2) is 32.1 Å². The third kappa shape index (κ3) is 3.22. The summed E-state index contributed by atoms with van der Waals surface area (Å²) < 4.78 is 5.37. The van der Waals surface area contributed by atoms with Crippen molar-refractivity contribution in [2.24, 2.45) is 0 Å². The fourth-order valence-corrected chi connectivity index (χ4v) is 2.92. The Morgan fingerprint density at radius 3 is 2.52 bits per heavy atom. The molecule has 2 N–H and O–H groups in total. The van der Waals surface area contributed by atoms with E-state index in [-0.39, 0.29) is 5.78 Å². The fraction of sp³-hybridized carbons (Fsp3) is 0.316. The zero-order valence-corrected chi connectivity index (χ0v) is 13.6. The van der Waals surface area contributed by atoms with Crippen LogP contribution in [0.2, 0.25) is 0 Å². The second-order valence-electron chi connectivity index (χ2n) is 6.02. The highest BCUT2D eigenvalue weighted by Crippen LogP contribution is 2.27. The zero-order valence-electron chi connectivity index (χ0n) is 13.6. The van der Waals surface area contributed by atoms with E-state index in [0.717, 1.165) is 35.5 Å². The van der Waals surface area contributed by atoms with Crippen molar-refractivity contribution in [1.29, 1.82) is 0 Å². The molecule has 0 amide bonds. The van der Waals surface area contributed by atoms with Gasteiger partial charge in [-0.1, -0.05) is 17.7 Å². The van der Waals surface area contributed by atoms with E-state index >= 15 is 0 Å². The highest BCUT2D eigenvalue weighted by Gasteiger charge is 2.17. The molecule has 0 radical (unpaired) electrons. The normalized spacial score (nSPS) is 14.8. The van der Waals surface area contributed by atoms with Crippen LogP contribution < -0.4 is 10.6 Å². The van der Waals surface area contributed by atoms with Gasteiger partial charge in [-0.15, -0.1) is 0 Å². The lowest BCUT2D eigenvalue weighted by Crippen LogP contribution is -2.36. The average molecular weight is 310 g/mol. The first-order valence-corrected chi connectivity index (χ1v) is 7.90. The number of benzene rings is 2. The third-order valence-electron chi connectivity index (χ3n) is 4.28.